The molecule has 0 fully saturated rings. The van der Waals surface area contributed by atoms with Crippen LogP contribution in [0.15, 0.2) is 60.8 Å². The van der Waals surface area contributed by atoms with Gasteiger partial charge in [-0.2, -0.15) is 10.1 Å². The van der Waals surface area contributed by atoms with E-state index in [-0.39, 0.29) is 0 Å². The highest BCUT2D eigenvalue weighted by atomic mass is 15.3. The van der Waals surface area contributed by atoms with E-state index in [0.717, 1.165) is 18.1 Å². The van der Waals surface area contributed by atoms with E-state index in [1.165, 1.54) is 11.1 Å². The van der Waals surface area contributed by atoms with Gasteiger partial charge in [-0.1, -0.05) is 48.0 Å². The molecule has 0 aliphatic carbocycles. The number of nitrogens with zero attached hydrogens (tertiary/aromatic N) is 4. The summed E-state index contributed by atoms with van der Waals surface area (Å²) < 4.78 is 0. The van der Waals surface area contributed by atoms with Crippen LogP contribution in [0.3, 0.4) is 0 Å². The van der Waals surface area contributed by atoms with Crippen LogP contribution in [0, 0.1) is 6.92 Å². The van der Waals surface area contributed by atoms with Gasteiger partial charge in [0.2, 0.25) is 5.95 Å². The average molecular weight is 305 g/mol. The predicted octanol–water partition coefficient (Wildman–Crippen LogP) is 3.56. The Morgan fingerprint density at radius 3 is 2.48 bits per heavy atom. The lowest BCUT2D eigenvalue weighted by Crippen LogP contribution is -2.18. The first-order chi connectivity index (χ1) is 11.2. The van der Waals surface area contributed by atoms with Gasteiger partial charge < -0.3 is 10.2 Å². The lowest BCUT2D eigenvalue weighted by molar-refractivity contribution is 0.866. The van der Waals surface area contributed by atoms with Crippen LogP contribution >= 0.6 is 0 Å². The lowest BCUT2D eigenvalue weighted by atomic mass is 10.2. The van der Waals surface area contributed by atoms with Crippen molar-refractivity contribution in [3.05, 3.63) is 71.9 Å². The summed E-state index contributed by atoms with van der Waals surface area (Å²) in [7, 11) is 1.99. The van der Waals surface area contributed by atoms with Crippen molar-refractivity contribution in [3.8, 4) is 0 Å². The molecule has 0 saturated heterocycles. The number of hydrogen-bond donors (Lipinski definition) is 1. The number of nitrogens with one attached hydrogen (secondary N) is 1. The van der Waals surface area contributed by atoms with E-state index in [4.69, 9.17) is 0 Å². The number of aryl methyl sites for hydroxylation is 1. The van der Waals surface area contributed by atoms with Crippen molar-refractivity contribution in [1.82, 2.24) is 15.2 Å². The van der Waals surface area contributed by atoms with Crippen molar-refractivity contribution in [2.45, 2.75) is 13.5 Å². The van der Waals surface area contributed by atoms with E-state index in [1.54, 1.807) is 6.20 Å². The molecule has 5 heteroatoms. The van der Waals surface area contributed by atoms with Crippen molar-refractivity contribution in [1.29, 1.82) is 0 Å². The molecule has 2 aromatic carbocycles. The second-order valence-corrected chi connectivity index (χ2v) is 5.47. The second kappa shape index (κ2) is 6.87. The van der Waals surface area contributed by atoms with Crippen LogP contribution in [0.2, 0.25) is 0 Å². The highest BCUT2D eigenvalue weighted by Gasteiger charge is 2.07. The fourth-order valence-electron chi connectivity index (χ4n) is 2.24. The molecule has 0 bridgehead atoms. The summed E-state index contributed by atoms with van der Waals surface area (Å²) in [5, 5.41) is 11.3. The minimum Gasteiger partial charge on any atom is -0.354 e. The monoisotopic (exact) mass is 305 g/mol. The molecule has 0 aliphatic rings. The minimum atomic E-state index is 0.492. The summed E-state index contributed by atoms with van der Waals surface area (Å²) in [6.45, 7) is 2.82. The summed E-state index contributed by atoms with van der Waals surface area (Å²) in [6.07, 6.45) is 1.67. The fourth-order valence-corrected chi connectivity index (χ4v) is 2.24. The Hall–Kier alpha value is -2.95. The standard InChI is InChI=1S/C18H19N5/c1-14-8-10-16(11-9-14)20-18-21-17(12-19-22-18)23(2)13-15-6-4-3-5-7-15/h3-12H,13H2,1-2H3,(H,20,21,22). The van der Waals surface area contributed by atoms with Gasteiger partial charge in [-0.25, -0.2) is 0 Å². The normalized spacial score (nSPS) is 10.3. The molecule has 0 atom stereocenters. The maximum atomic E-state index is 4.53. The Morgan fingerprint density at radius 1 is 1.00 bits per heavy atom. The van der Waals surface area contributed by atoms with Crippen LogP contribution in [-0.2, 0) is 6.54 Å². The molecule has 0 amide bonds. The molecule has 116 valence electrons. The topological polar surface area (TPSA) is 53.9 Å². The molecule has 3 rings (SSSR count). The zero-order valence-corrected chi connectivity index (χ0v) is 13.3. The first kappa shape index (κ1) is 15.0. The molecule has 1 heterocycles. The first-order valence-corrected chi connectivity index (χ1v) is 7.49. The zero-order valence-electron chi connectivity index (χ0n) is 13.3. The van der Waals surface area contributed by atoms with Crippen LogP contribution < -0.4 is 10.2 Å². The van der Waals surface area contributed by atoms with Gasteiger partial charge in [0.1, 0.15) is 0 Å². The molecule has 5 nitrogen and oxygen atoms in total. The van der Waals surface area contributed by atoms with Crippen molar-refractivity contribution in [3.63, 3.8) is 0 Å². The first-order valence-electron chi connectivity index (χ1n) is 7.49. The summed E-state index contributed by atoms with van der Waals surface area (Å²) in [5.41, 5.74) is 3.38. The highest BCUT2D eigenvalue weighted by Crippen LogP contribution is 2.16. The average Bonchev–Trinajstić information content (AvgIpc) is 2.58. The Morgan fingerprint density at radius 2 is 1.74 bits per heavy atom. The molecule has 1 N–H and O–H groups in total. The Balaban J connectivity index is 1.72. The van der Waals surface area contributed by atoms with Crippen LogP contribution in [0.5, 0.6) is 0 Å². The SMILES string of the molecule is Cc1ccc(Nc2nncc(N(C)Cc3ccccc3)n2)cc1. The van der Waals surface area contributed by atoms with Crippen molar-refractivity contribution >= 4 is 17.5 Å². The van der Waals surface area contributed by atoms with Gasteiger partial charge in [0.05, 0.1) is 6.20 Å². The third-order valence-corrected chi connectivity index (χ3v) is 3.51. The molecule has 23 heavy (non-hydrogen) atoms. The number of anilines is 3. The van der Waals surface area contributed by atoms with Crippen molar-refractivity contribution in [2.24, 2.45) is 0 Å². The molecular formula is C18H19N5. The van der Waals surface area contributed by atoms with E-state index >= 15 is 0 Å². The van der Waals surface area contributed by atoms with E-state index in [1.807, 2.05) is 54.4 Å². The number of rotatable bonds is 5. The smallest absolute Gasteiger partial charge is 0.249 e. The van der Waals surface area contributed by atoms with Gasteiger partial charge in [0, 0.05) is 19.3 Å². The Bertz CT molecular complexity index is 756. The largest absolute Gasteiger partial charge is 0.354 e. The van der Waals surface area contributed by atoms with Gasteiger partial charge >= 0.3 is 0 Å². The minimum absolute atomic E-state index is 0.492. The van der Waals surface area contributed by atoms with E-state index in [0.29, 0.717) is 5.95 Å². The predicted molar refractivity (Wildman–Crippen MR) is 92.8 cm³/mol. The summed E-state index contributed by atoms with van der Waals surface area (Å²) in [5.74, 6) is 1.27. The summed E-state index contributed by atoms with van der Waals surface area (Å²) in [4.78, 5) is 6.57. The maximum Gasteiger partial charge on any atom is 0.249 e. The quantitative estimate of drug-likeness (QED) is 0.781. The molecule has 3 aromatic rings. The molecule has 0 aliphatic heterocycles. The number of aromatic nitrogens is 3. The highest BCUT2D eigenvalue weighted by molar-refractivity contribution is 5.54. The molecular weight excluding hydrogens is 286 g/mol. The summed E-state index contributed by atoms with van der Waals surface area (Å²) in [6, 6.07) is 18.4. The van der Waals surface area contributed by atoms with Gasteiger partial charge in [0.15, 0.2) is 5.82 Å². The second-order valence-electron chi connectivity index (χ2n) is 5.47. The van der Waals surface area contributed by atoms with E-state index in [2.05, 4.69) is 39.6 Å². The van der Waals surface area contributed by atoms with Gasteiger partial charge in [-0.05, 0) is 24.6 Å². The van der Waals surface area contributed by atoms with Crippen LogP contribution in [0.25, 0.3) is 0 Å². The van der Waals surface area contributed by atoms with Crippen LogP contribution in [0.4, 0.5) is 17.5 Å². The van der Waals surface area contributed by atoms with Crippen molar-refractivity contribution < 1.29 is 0 Å². The third kappa shape index (κ3) is 4.03. The van der Waals surface area contributed by atoms with Crippen LogP contribution in [0.1, 0.15) is 11.1 Å². The molecule has 0 saturated carbocycles. The number of hydrogen-bond acceptors (Lipinski definition) is 5. The summed E-state index contributed by atoms with van der Waals surface area (Å²) >= 11 is 0. The number of benzene rings is 2. The van der Waals surface area contributed by atoms with Gasteiger partial charge in [-0.3, -0.25) is 0 Å². The fraction of sp³-hybridized carbons (Fsp3) is 0.167. The molecule has 0 spiro atoms. The Labute approximate surface area is 136 Å². The molecule has 0 unspecified atom stereocenters. The van der Waals surface area contributed by atoms with Crippen molar-refractivity contribution in [2.75, 3.05) is 17.3 Å². The lowest BCUT2D eigenvalue weighted by Gasteiger charge is -2.18. The molecule has 0 radical (unpaired) electrons. The van der Waals surface area contributed by atoms with Crippen LogP contribution in [-0.4, -0.2) is 22.2 Å². The third-order valence-electron chi connectivity index (χ3n) is 3.51. The maximum absolute atomic E-state index is 4.53. The Kier molecular flexibility index (Phi) is 4.47. The van der Waals surface area contributed by atoms with Gasteiger partial charge in [0.25, 0.3) is 0 Å². The zero-order chi connectivity index (χ0) is 16.1. The van der Waals surface area contributed by atoms with E-state index < -0.39 is 0 Å². The van der Waals surface area contributed by atoms with E-state index in [9.17, 15) is 0 Å². The molecule has 1 aromatic heterocycles. The van der Waals surface area contributed by atoms with Gasteiger partial charge in [-0.15, -0.1) is 5.10 Å².